The quantitative estimate of drug-likeness (QED) is 0.629. The molecule has 0 bridgehead atoms. The van der Waals surface area contributed by atoms with Gasteiger partial charge in [-0.3, -0.25) is 4.79 Å². The van der Waals surface area contributed by atoms with Gasteiger partial charge in [-0.1, -0.05) is 29.8 Å². The zero-order chi connectivity index (χ0) is 17.0. The van der Waals surface area contributed by atoms with Gasteiger partial charge in [0, 0.05) is 11.8 Å². The summed E-state index contributed by atoms with van der Waals surface area (Å²) >= 11 is 10.7. The van der Waals surface area contributed by atoms with E-state index in [-0.39, 0.29) is 5.91 Å². The van der Waals surface area contributed by atoms with E-state index < -0.39 is 0 Å². The number of ether oxygens (including phenoxy) is 1. The molecule has 2 rings (SSSR count). The van der Waals surface area contributed by atoms with Crippen molar-refractivity contribution in [3.05, 3.63) is 52.0 Å². The second-order valence-corrected chi connectivity index (χ2v) is 5.52. The molecule has 2 aromatic rings. The number of halogens is 1. The fourth-order valence-electron chi connectivity index (χ4n) is 2.22. The second-order valence-electron chi connectivity index (χ2n) is 4.93. The van der Waals surface area contributed by atoms with E-state index in [2.05, 4.69) is 27.7 Å². The van der Waals surface area contributed by atoms with Crippen molar-refractivity contribution in [3.63, 3.8) is 0 Å². The Labute approximate surface area is 145 Å². The van der Waals surface area contributed by atoms with Crippen LogP contribution in [0.15, 0.2) is 35.3 Å². The molecule has 1 amide bonds. The molecule has 4 nitrogen and oxygen atoms in total. The molecule has 0 atom stereocenters. The highest BCUT2D eigenvalue weighted by atomic mass is 35.5. The maximum absolute atomic E-state index is 12.6. The van der Waals surface area contributed by atoms with Gasteiger partial charge in [0.15, 0.2) is 0 Å². The zero-order valence-corrected chi connectivity index (χ0v) is 14.5. The second kappa shape index (κ2) is 7.38. The van der Waals surface area contributed by atoms with Crippen LogP contribution < -0.4 is 10.1 Å². The number of hydrogen-bond acceptors (Lipinski definition) is 4. The lowest BCUT2D eigenvalue weighted by atomic mass is 10.1. The third-order valence-corrected chi connectivity index (χ3v) is 3.79. The van der Waals surface area contributed by atoms with Gasteiger partial charge in [0.25, 0.3) is 5.91 Å². The number of aryl methyl sites for hydroxylation is 2. The van der Waals surface area contributed by atoms with Crippen molar-refractivity contribution in [2.75, 3.05) is 12.4 Å². The molecule has 0 spiro atoms. The maximum atomic E-state index is 12.6. The fourth-order valence-corrected chi connectivity index (χ4v) is 2.51. The summed E-state index contributed by atoms with van der Waals surface area (Å²) in [6.07, 6.45) is 0. The zero-order valence-electron chi connectivity index (χ0n) is 12.9. The van der Waals surface area contributed by atoms with Crippen molar-refractivity contribution in [2.45, 2.75) is 13.8 Å². The molecule has 0 heterocycles. The molecular formula is C17H15ClN2O2S. The van der Waals surface area contributed by atoms with Crippen molar-refractivity contribution in [2.24, 2.45) is 4.99 Å². The number of anilines is 1. The Bertz CT molecular complexity index is 794. The number of benzene rings is 2. The summed E-state index contributed by atoms with van der Waals surface area (Å²) in [6.45, 7) is 3.87. The smallest absolute Gasteiger partial charge is 0.259 e. The Morgan fingerprint density at radius 2 is 1.96 bits per heavy atom. The molecule has 118 valence electrons. The van der Waals surface area contributed by atoms with E-state index in [0.29, 0.717) is 22.0 Å². The average molecular weight is 347 g/mol. The summed E-state index contributed by atoms with van der Waals surface area (Å²) in [5.74, 6) is 0.0544. The number of rotatable bonds is 4. The van der Waals surface area contributed by atoms with Crippen molar-refractivity contribution in [1.29, 1.82) is 0 Å². The first-order chi connectivity index (χ1) is 11.0. The van der Waals surface area contributed by atoms with Gasteiger partial charge < -0.3 is 10.1 Å². The molecule has 0 radical (unpaired) electrons. The first-order valence-electron chi connectivity index (χ1n) is 6.81. The normalized spacial score (nSPS) is 9.91. The lowest BCUT2D eigenvalue weighted by Gasteiger charge is -2.14. The lowest BCUT2D eigenvalue weighted by molar-refractivity contribution is 0.102. The van der Waals surface area contributed by atoms with E-state index in [1.165, 1.54) is 19.2 Å². The van der Waals surface area contributed by atoms with E-state index in [0.717, 1.165) is 16.8 Å². The number of nitrogens with zero attached hydrogens (tertiary/aromatic N) is 1. The first-order valence-corrected chi connectivity index (χ1v) is 7.59. The number of thiocarbonyl (C=S) groups is 1. The molecule has 0 aromatic heterocycles. The van der Waals surface area contributed by atoms with Crippen molar-refractivity contribution < 1.29 is 9.53 Å². The largest absolute Gasteiger partial charge is 0.496 e. The molecule has 0 saturated carbocycles. The predicted molar refractivity (Wildman–Crippen MR) is 96.6 cm³/mol. The van der Waals surface area contributed by atoms with Gasteiger partial charge in [0.1, 0.15) is 5.75 Å². The van der Waals surface area contributed by atoms with Gasteiger partial charge in [-0.2, -0.15) is 4.99 Å². The van der Waals surface area contributed by atoms with Gasteiger partial charge in [-0.25, -0.2) is 0 Å². The standard InChI is InChI=1S/C17H15ClN2O2S/c1-10-5-4-6-11(2)16(10)20-17(21)12-7-14(19-9-23)13(18)8-15(12)22-3/h4-8H,1-3H3,(H,20,21). The Morgan fingerprint density at radius 1 is 1.30 bits per heavy atom. The van der Waals surface area contributed by atoms with Crippen LogP contribution in [-0.2, 0) is 0 Å². The molecular weight excluding hydrogens is 332 g/mol. The SMILES string of the molecule is COc1cc(Cl)c(N=C=S)cc1C(=O)Nc1c(C)cccc1C. The third-order valence-electron chi connectivity index (χ3n) is 3.40. The Hall–Kier alpha value is -2.20. The highest BCUT2D eigenvalue weighted by Gasteiger charge is 2.17. The number of carbonyl (C=O) groups excluding carboxylic acids is 1. The van der Waals surface area contributed by atoms with Crippen LogP contribution >= 0.6 is 23.8 Å². The number of hydrogen-bond donors (Lipinski definition) is 1. The van der Waals surface area contributed by atoms with E-state index in [1.807, 2.05) is 32.0 Å². The minimum atomic E-state index is -0.309. The maximum Gasteiger partial charge on any atom is 0.259 e. The van der Waals surface area contributed by atoms with Crippen LogP contribution in [0.3, 0.4) is 0 Å². The van der Waals surface area contributed by atoms with Crippen molar-refractivity contribution >= 4 is 46.3 Å². The number of nitrogens with one attached hydrogen (secondary N) is 1. The molecule has 0 unspecified atom stereocenters. The highest BCUT2D eigenvalue weighted by molar-refractivity contribution is 7.78. The van der Waals surface area contributed by atoms with Gasteiger partial charge >= 0.3 is 0 Å². The predicted octanol–water partition coefficient (Wildman–Crippen LogP) is 4.95. The average Bonchev–Trinajstić information content (AvgIpc) is 2.52. The monoisotopic (exact) mass is 346 g/mol. The van der Waals surface area contributed by atoms with Gasteiger partial charge in [-0.05, 0) is 43.3 Å². The van der Waals surface area contributed by atoms with E-state index in [1.54, 1.807) is 0 Å². The number of aliphatic imine (C=N–C) groups is 1. The van der Waals surface area contributed by atoms with E-state index in [4.69, 9.17) is 16.3 Å². The molecule has 0 aliphatic heterocycles. The van der Waals surface area contributed by atoms with Crippen LogP contribution in [0.4, 0.5) is 11.4 Å². The molecule has 0 saturated heterocycles. The number of carbonyl (C=O) groups is 1. The van der Waals surface area contributed by atoms with Gasteiger partial charge in [0.2, 0.25) is 0 Å². The highest BCUT2D eigenvalue weighted by Crippen LogP contribution is 2.33. The van der Waals surface area contributed by atoms with E-state index in [9.17, 15) is 4.79 Å². The van der Waals surface area contributed by atoms with Crippen LogP contribution in [0.1, 0.15) is 21.5 Å². The first kappa shape index (κ1) is 17.2. The van der Waals surface area contributed by atoms with Crippen molar-refractivity contribution in [3.8, 4) is 5.75 Å². The lowest BCUT2D eigenvalue weighted by Crippen LogP contribution is -2.15. The summed E-state index contributed by atoms with van der Waals surface area (Å²) in [5, 5.41) is 5.49. The molecule has 0 aliphatic carbocycles. The summed E-state index contributed by atoms with van der Waals surface area (Å²) in [7, 11) is 1.48. The van der Waals surface area contributed by atoms with E-state index >= 15 is 0 Å². The summed E-state index contributed by atoms with van der Waals surface area (Å²) in [5.41, 5.74) is 3.42. The summed E-state index contributed by atoms with van der Waals surface area (Å²) in [4.78, 5) is 16.5. The Kier molecular flexibility index (Phi) is 5.50. The van der Waals surface area contributed by atoms with Crippen LogP contribution in [0.2, 0.25) is 5.02 Å². The van der Waals surface area contributed by atoms with Gasteiger partial charge in [-0.15, -0.1) is 0 Å². The number of para-hydroxylation sites is 1. The number of isothiocyanates is 1. The molecule has 0 fully saturated rings. The summed E-state index contributed by atoms with van der Waals surface area (Å²) in [6, 6.07) is 8.87. The molecule has 2 aromatic carbocycles. The van der Waals surface area contributed by atoms with Crippen LogP contribution in [0, 0.1) is 13.8 Å². The van der Waals surface area contributed by atoms with Crippen LogP contribution in [0.25, 0.3) is 0 Å². The van der Waals surface area contributed by atoms with Gasteiger partial charge in [0.05, 0.1) is 28.5 Å². The number of amides is 1. The summed E-state index contributed by atoms with van der Waals surface area (Å²) < 4.78 is 5.25. The fraction of sp³-hybridized carbons (Fsp3) is 0.176. The third kappa shape index (κ3) is 3.77. The minimum Gasteiger partial charge on any atom is -0.496 e. The molecule has 1 N–H and O–H groups in total. The van der Waals surface area contributed by atoms with Crippen LogP contribution in [0.5, 0.6) is 5.75 Å². The minimum absolute atomic E-state index is 0.309. The molecule has 0 aliphatic rings. The van der Waals surface area contributed by atoms with Crippen LogP contribution in [-0.4, -0.2) is 18.2 Å². The topological polar surface area (TPSA) is 50.7 Å². The molecule has 23 heavy (non-hydrogen) atoms. The molecule has 6 heteroatoms. The van der Waals surface area contributed by atoms with Crippen molar-refractivity contribution in [1.82, 2.24) is 0 Å². The Balaban J connectivity index is 2.46. The number of methoxy groups -OCH3 is 1. The Morgan fingerprint density at radius 3 is 2.52 bits per heavy atom.